The normalized spacial score (nSPS) is 12.1. The molecule has 0 amide bonds. The minimum Gasteiger partial charge on any atom is -0.507 e. The van der Waals surface area contributed by atoms with Crippen LogP contribution in [0.5, 0.6) is 5.75 Å². The monoisotopic (exact) mass is 260 g/mol. The highest BCUT2D eigenvalue weighted by atomic mass is 35.5. The van der Waals surface area contributed by atoms with E-state index >= 15 is 0 Å². The summed E-state index contributed by atoms with van der Waals surface area (Å²) in [6, 6.07) is 8.57. The number of fused-ring (bicyclic) bond motifs is 3. The lowest BCUT2D eigenvalue weighted by Gasteiger charge is -2.05. The van der Waals surface area contributed by atoms with E-state index in [1.165, 1.54) is 12.1 Å². The molecule has 0 unspecified atom stereocenters. The number of aromatic hydroxyl groups is 1. The number of carboxylic acid groups (broad SMARTS) is 1. The fraction of sp³-hybridized carbons (Fsp3) is 0.0714. The first kappa shape index (κ1) is 11.1. The van der Waals surface area contributed by atoms with Gasteiger partial charge in [0.05, 0.1) is 0 Å². The van der Waals surface area contributed by atoms with Crippen LogP contribution >= 0.6 is 11.6 Å². The van der Waals surface area contributed by atoms with Gasteiger partial charge < -0.3 is 10.2 Å². The van der Waals surface area contributed by atoms with Crippen molar-refractivity contribution in [1.29, 1.82) is 0 Å². The molecule has 0 saturated carbocycles. The molecule has 0 heterocycles. The summed E-state index contributed by atoms with van der Waals surface area (Å²) in [5.41, 5.74) is 3.75. The predicted octanol–water partition coefficient (Wildman–Crippen LogP) is 3.32. The number of phenols is 1. The Labute approximate surface area is 108 Å². The van der Waals surface area contributed by atoms with E-state index in [4.69, 9.17) is 16.7 Å². The number of carboxylic acids is 1. The molecule has 18 heavy (non-hydrogen) atoms. The molecule has 2 aromatic carbocycles. The Kier molecular flexibility index (Phi) is 2.31. The zero-order valence-electron chi connectivity index (χ0n) is 9.27. The molecule has 1 aliphatic rings. The highest BCUT2D eigenvalue weighted by Crippen LogP contribution is 2.40. The number of aromatic carboxylic acids is 1. The molecule has 0 spiro atoms. The van der Waals surface area contributed by atoms with E-state index in [-0.39, 0.29) is 11.3 Å². The van der Waals surface area contributed by atoms with Gasteiger partial charge in [-0.3, -0.25) is 0 Å². The molecule has 0 atom stereocenters. The molecule has 0 aliphatic heterocycles. The van der Waals surface area contributed by atoms with Crippen molar-refractivity contribution in [3.05, 3.63) is 52.0 Å². The van der Waals surface area contributed by atoms with Gasteiger partial charge in [-0.1, -0.05) is 17.7 Å². The Balaban J connectivity index is 2.23. The van der Waals surface area contributed by atoms with Crippen LogP contribution in [0.15, 0.2) is 30.3 Å². The van der Waals surface area contributed by atoms with Crippen molar-refractivity contribution in [1.82, 2.24) is 0 Å². The van der Waals surface area contributed by atoms with E-state index in [1.54, 1.807) is 6.07 Å². The second-order valence-electron chi connectivity index (χ2n) is 4.31. The molecule has 0 fully saturated rings. The largest absolute Gasteiger partial charge is 0.507 e. The molecule has 90 valence electrons. The fourth-order valence-electron chi connectivity index (χ4n) is 2.38. The molecule has 1 aliphatic carbocycles. The Morgan fingerprint density at radius 2 is 1.83 bits per heavy atom. The van der Waals surface area contributed by atoms with Crippen LogP contribution in [0.25, 0.3) is 11.1 Å². The van der Waals surface area contributed by atoms with Gasteiger partial charge in [0.1, 0.15) is 11.3 Å². The summed E-state index contributed by atoms with van der Waals surface area (Å²) < 4.78 is 0. The van der Waals surface area contributed by atoms with Crippen LogP contribution in [0.2, 0.25) is 5.02 Å². The quantitative estimate of drug-likeness (QED) is 0.706. The molecule has 3 nitrogen and oxygen atoms in total. The van der Waals surface area contributed by atoms with Gasteiger partial charge in [0.2, 0.25) is 0 Å². The maximum atomic E-state index is 11.0. The SMILES string of the molecule is O=C(O)c1cc2c(cc1O)Cc1cc(Cl)ccc1-2. The van der Waals surface area contributed by atoms with Crippen molar-refractivity contribution >= 4 is 17.6 Å². The van der Waals surface area contributed by atoms with Crippen LogP contribution in [0.1, 0.15) is 21.5 Å². The number of halogens is 1. The molecule has 2 N–H and O–H groups in total. The first-order valence-electron chi connectivity index (χ1n) is 5.44. The van der Waals surface area contributed by atoms with E-state index in [0.717, 1.165) is 22.3 Å². The Morgan fingerprint density at radius 1 is 1.11 bits per heavy atom. The van der Waals surface area contributed by atoms with Gasteiger partial charge >= 0.3 is 5.97 Å². The van der Waals surface area contributed by atoms with E-state index in [9.17, 15) is 9.90 Å². The lowest BCUT2D eigenvalue weighted by molar-refractivity contribution is 0.0694. The minimum atomic E-state index is -1.13. The number of benzene rings is 2. The van der Waals surface area contributed by atoms with Crippen LogP contribution in [0.3, 0.4) is 0 Å². The van der Waals surface area contributed by atoms with Gasteiger partial charge in [-0.05, 0) is 52.9 Å². The van der Waals surface area contributed by atoms with E-state index in [1.807, 2.05) is 12.1 Å². The summed E-state index contributed by atoms with van der Waals surface area (Å²) in [6.45, 7) is 0. The highest BCUT2D eigenvalue weighted by molar-refractivity contribution is 6.30. The standard InChI is InChI=1S/C14H9ClO3/c15-9-1-2-10-7(4-9)3-8-5-13(16)12(14(17)18)6-11(8)10/h1-2,4-6,16H,3H2,(H,17,18). The molecular weight excluding hydrogens is 252 g/mol. The number of hydrogen-bond acceptors (Lipinski definition) is 2. The summed E-state index contributed by atoms with van der Waals surface area (Å²) in [5, 5.41) is 19.3. The fourth-order valence-corrected chi connectivity index (χ4v) is 2.57. The number of rotatable bonds is 1. The van der Waals surface area contributed by atoms with Crippen molar-refractivity contribution in [2.45, 2.75) is 6.42 Å². The topological polar surface area (TPSA) is 57.5 Å². The third-order valence-corrected chi connectivity index (χ3v) is 3.43. The Hall–Kier alpha value is -2.00. The summed E-state index contributed by atoms with van der Waals surface area (Å²) >= 11 is 5.94. The molecule has 3 rings (SSSR count). The van der Waals surface area contributed by atoms with Crippen molar-refractivity contribution in [3.8, 4) is 16.9 Å². The molecule has 4 heteroatoms. The Bertz CT molecular complexity index is 677. The third-order valence-electron chi connectivity index (χ3n) is 3.19. The van der Waals surface area contributed by atoms with E-state index in [0.29, 0.717) is 11.4 Å². The second kappa shape index (κ2) is 3.75. The first-order valence-corrected chi connectivity index (χ1v) is 5.82. The van der Waals surface area contributed by atoms with Gasteiger partial charge in [-0.25, -0.2) is 4.79 Å². The first-order chi connectivity index (χ1) is 8.56. The van der Waals surface area contributed by atoms with Gasteiger partial charge in [-0.2, -0.15) is 0 Å². The van der Waals surface area contributed by atoms with Gasteiger partial charge in [0.15, 0.2) is 0 Å². The summed E-state index contributed by atoms with van der Waals surface area (Å²) in [7, 11) is 0. The lowest BCUT2D eigenvalue weighted by Crippen LogP contribution is -1.97. The molecule has 0 saturated heterocycles. The average Bonchev–Trinajstić information content (AvgIpc) is 2.63. The maximum absolute atomic E-state index is 11.0. The van der Waals surface area contributed by atoms with Crippen molar-refractivity contribution < 1.29 is 15.0 Å². The third kappa shape index (κ3) is 1.56. The van der Waals surface area contributed by atoms with Crippen molar-refractivity contribution in [2.24, 2.45) is 0 Å². The van der Waals surface area contributed by atoms with Gasteiger partial charge in [0, 0.05) is 5.02 Å². The predicted molar refractivity (Wildman–Crippen MR) is 68.3 cm³/mol. The summed E-state index contributed by atoms with van der Waals surface area (Å²) in [5.74, 6) is -1.32. The van der Waals surface area contributed by atoms with Gasteiger partial charge in [-0.15, -0.1) is 0 Å². The summed E-state index contributed by atoms with van der Waals surface area (Å²) in [4.78, 5) is 11.0. The van der Waals surface area contributed by atoms with Crippen LogP contribution in [-0.4, -0.2) is 16.2 Å². The average molecular weight is 261 g/mol. The Morgan fingerprint density at radius 3 is 2.56 bits per heavy atom. The van der Waals surface area contributed by atoms with E-state index in [2.05, 4.69) is 0 Å². The minimum absolute atomic E-state index is 0.0726. The molecule has 0 aromatic heterocycles. The zero-order chi connectivity index (χ0) is 12.9. The molecule has 0 radical (unpaired) electrons. The highest BCUT2D eigenvalue weighted by Gasteiger charge is 2.22. The maximum Gasteiger partial charge on any atom is 0.339 e. The lowest BCUT2D eigenvalue weighted by atomic mass is 10.0. The van der Waals surface area contributed by atoms with Crippen LogP contribution in [-0.2, 0) is 6.42 Å². The van der Waals surface area contributed by atoms with Gasteiger partial charge in [0.25, 0.3) is 0 Å². The van der Waals surface area contributed by atoms with Crippen molar-refractivity contribution in [2.75, 3.05) is 0 Å². The van der Waals surface area contributed by atoms with Crippen LogP contribution in [0, 0.1) is 0 Å². The smallest absolute Gasteiger partial charge is 0.339 e. The molecular formula is C14H9ClO3. The summed E-state index contributed by atoms with van der Waals surface area (Å²) in [6.07, 6.45) is 0.665. The van der Waals surface area contributed by atoms with E-state index < -0.39 is 5.97 Å². The molecule has 2 aromatic rings. The van der Waals surface area contributed by atoms with Crippen LogP contribution in [0.4, 0.5) is 0 Å². The zero-order valence-corrected chi connectivity index (χ0v) is 10.0. The number of hydrogen-bond donors (Lipinski definition) is 2. The van der Waals surface area contributed by atoms with Crippen molar-refractivity contribution in [3.63, 3.8) is 0 Å². The number of carbonyl (C=O) groups is 1. The molecule has 0 bridgehead atoms. The second-order valence-corrected chi connectivity index (χ2v) is 4.75. The van der Waals surface area contributed by atoms with Crippen LogP contribution < -0.4 is 0 Å².